The Morgan fingerprint density at radius 2 is 1.82 bits per heavy atom. The summed E-state index contributed by atoms with van der Waals surface area (Å²) in [6.07, 6.45) is 0.840. The maximum Gasteiger partial charge on any atom is 0.336 e. The summed E-state index contributed by atoms with van der Waals surface area (Å²) in [6, 6.07) is 11.1. The molecule has 9 heteroatoms. The lowest BCUT2D eigenvalue weighted by Crippen LogP contribution is -2.36. The van der Waals surface area contributed by atoms with Crippen molar-refractivity contribution in [2.24, 2.45) is 0 Å². The summed E-state index contributed by atoms with van der Waals surface area (Å²) in [4.78, 5) is 27.4. The van der Waals surface area contributed by atoms with Crippen LogP contribution in [0.1, 0.15) is 56.6 Å². The molecule has 8 nitrogen and oxygen atoms in total. The summed E-state index contributed by atoms with van der Waals surface area (Å²) < 4.78 is 22.5. The van der Waals surface area contributed by atoms with Gasteiger partial charge in [-0.3, -0.25) is 4.79 Å². The van der Waals surface area contributed by atoms with Crippen molar-refractivity contribution in [3.05, 3.63) is 74.5 Å². The zero-order valence-corrected chi connectivity index (χ0v) is 24.4. The minimum Gasteiger partial charge on any atom is -0.503 e. The molecule has 208 valence electrons. The van der Waals surface area contributed by atoms with Gasteiger partial charge in [0.1, 0.15) is 12.4 Å². The first kappa shape index (κ1) is 28.7. The predicted octanol–water partition coefficient (Wildman–Crippen LogP) is 5.50. The Bertz CT molecular complexity index is 1330. The average Bonchev–Trinajstić information content (AvgIpc) is 2.91. The molecule has 1 aliphatic heterocycles. The molecule has 4 rings (SSSR count). The maximum atomic E-state index is 13.9. The number of halogens is 1. The van der Waals surface area contributed by atoms with Crippen LogP contribution in [-0.4, -0.2) is 50.4 Å². The lowest BCUT2D eigenvalue weighted by Gasteiger charge is -2.37. The quantitative estimate of drug-likeness (QED) is 0.287. The number of phenolic OH excluding ortho intramolecular Hbond substituents is 1. The summed E-state index contributed by atoms with van der Waals surface area (Å²) >= 11 is 3.39. The van der Waals surface area contributed by atoms with E-state index in [0.29, 0.717) is 33.3 Å². The van der Waals surface area contributed by atoms with Crippen molar-refractivity contribution < 1.29 is 33.6 Å². The predicted molar refractivity (Wildman–Crippen MR) is 150 cm³/mol. The van der Waals surface area contributed by atoms with Crippen LogP contribution in [0.4, 0.5) is 0 Å². The van der Waals surface area contributed by atoms with Crippen LogP contribution in [0, 0.1) is 0 Å². The van der Waals surface area contributed by atoms with E-state index in [1.165, 1.54) is 7.11 Å². The third-order valence-electron chi connectivity index (χ3n) is 7.00. The summed E-state index contributed by atoms with van der Waals surface area (Å²) in [5.74, 6) is -0.510. The average molecular weight is 601 g/mol. The first-order valence-corrected chi connectivity index (χ1v) is 13.7. The van der Waals surface area contributed by atoms with Crippen molar-refractivity contribution in [2.75, 3.05) is 27.4 Å². The highest BCUT2D eigenvalue weighted by Crippen LogP contribution is 2.49. The molecule has 2 aromatic rings. The number of carbonyl (C=O) groups excluding carboxylic acids is 2. The third-order valence-corrected chi connectivity index (χ3v) is 7.60. The molecule has 0 amide bonds. The first-order valence-electron chi connectivity index (χ1n) is 12.9. The standard InChI is InChI=1S/C30H34BrNO7/c1-16(2)38-10-11-39-30(35)26-17(3)32-22-13-18(20-8-6-7-9-24(20)36-4)14-23(33)28(22)27(26)19-12-21(31)29(34)25(15-19)37-5/h6-9,12,15-16,18,27,32,34H,10-11,13-14H2,1-5H3. The van der Waals surface area contributed by atoms with Crippen LogP contribution in [-0.2, 0) is 19.1 Å². The number of Topliss-reactive ketones (excluding diaryl/α,β-unsaturated/α-hetero) is 1. The highest BCUT2D eigenvalue weighted by atomic mass is 79.9. The lowest BCUT2D eigenvalue weighted by atomic mass is 9.71. The van der Waals surface area contributed by atoms with Gasteiger partial charge in [-0.05, 0) is 72.4 Å². The molecule has 2 unspecified atom stereocenters. The molecule has 0 bridgehead atoms. The van der Waals surface area contributed by atoms with E-state index in [0.717, 1.165) is 17.0 Å². The van der Waals surface area contributed by atoms with Crippen LogP contribution in [0.5, 0.6) is 17.2 Å². The number of aromatic hydroxyl groups is 1. The highest BCUT2D eigenvalue weighted by Gasteiger charge is 2.42. The molecule has 0 fully saturated rings. The molecular weight excluding hydrogens is 566 g/mol. The number of phenols is 1. The van der Waals surface area contributed by atoms with E-state index < -0.39 is 11.9 Å². The smallest absolute Gasteiger partial charge is 0.336 e. The summed E-state index contributed by atoms with van der Waals surface area (Å²) in [5, 5.41) is 13.8. The summed E-state index contributed by atoms with van der Waals surface area (Å²) in [7, 11) is 3.07. The van der Waals surface area contributed by atoms with Crippen molar-refractivity contribution in [3.63, 3.8) is 0 Å². The SMILES string of the molecule is COc1ccccc1C1CC(=O)C2=C(C1)NC(C)=C(C(=O)OCCOC(C)C)C2c1cc(Br)c(O)c(OC)c1. The number of allylic oxidation sites excluding steroid dienone is 3. The lowest BCUT2D eigenvalue weighted by molar-refractivity contribution is -0.141. The normalized spacial score (nSPS) is 19.1. The van der Waals surface area contributed by atoms with E-state index in [-0.39, 0.29) is 48.9 Å². The van der Waals surface area contributed by atoms with Gasteiger partial charge in [0.2, 0.25) is 0 Å². The fourth-order valence-electron chi connectivity index (χ4n) is 5.28. The monoisotopic (exact) mass is 599 g/mol. The van der Waals surface area contributed by atoms with Crippen molar-refractivity contribution in [2.45, 2.75) is 51.6 Å². The molecule has 0 aromatic heterocycles. The molecule has 2 aliphatic rings. The fourth-order valence-corrected chi connectivity index (χ4v) is 5.74. The number of ether oxygens (including phenoxy) is 4. The minimum absolute atomic E-state index is 0.0133. The topological polar surface area (TPSA) is 103 Å². The van der Waals surface area contributed by atoms with E-state index in [4.69, 9.17) is 18.9 Å². The Balaban J connectivity index is 1.77. The molecule has 0 spiro atoms. The van der Waals surface area contributed by atoms with Crippen LogP contribution in [0.3, 0.4) is 0 Å². The number of methoxy groups -OCH3 is 2. The van der Waals surface area contributed by atoms with E-state index >= 15 is 0 Å². The molecular formula is C30H34BrNO7. The second kappa shape index (κ2) is 12.3. The van der Waals surface area contributed by atoms with Gasteiger partial charge in [0, 0.05) is 35.2 Å². The van der Waals surface area contributed by atoms with E-state index in [9.17, 15) is 14.7 Å². The summed E-state index contributed by atoms with van der Waals surface area (Å²) in [5.41, 5.74) is 3.79. The molecule has 2 aromatic carbocycles. The Morgan fingerprint density at radius 3 is 2.51 bits per heavy atom. The number of dihydropyridines is 1. The van der Waals surface area contributed by atoms with Gasteiger partial charge in [-0.2, -0.15) is 0 Å². The molecule has 1 aliphatic carbocycles. The first-order chi connectivity index (χ1) is 18.7. The zero-order valence-electron chi connectivity index (χ0n) is 22.8. The Kier molecular flexibility index (Phi) is 9.02. The van der Waals surface area contributed by atoms with Gasteiger partial charge in [0.05, 0.1) is 37.0 Å². The van der Waals surface area contributed by atoms with Gasteiger partial charge in [0.25, 0.3) is 0 Å². The third kappa shape index (κ3) is 5.99. The van der Waals surface area contributed by atoms with Crippen LogP contribution in [0.2, 0.25) is 0 Å². The summed E-state index contributed by atoms with van der Waals surface area (Å²) in [6.45, 7) is 5.97. The molecule has 2 N–H and O–H groups in total. The van der Waals surface area contributed by atoms with Crippen molar-refractivity contribution >= 4 is 27.7 Å². The maximum absolute atomic E-state index is 13.9. The molecule has 1 heterocycles. The van der Waals surface area contributed by atoms with Gasteiger partial charge in [0.15, 0.2) is 17.3 Å². The van der Waals surface area contributed by atoms with Crippen LogP contribution < -0.4 is 14.8 Å². The van der Waals surface area contributed by atoms with Crippen LogP contribution in [0.15, 0.2) is 63.4 Å². The Hall–Kier alpha value is -3.30. The molecule has 0 saturated heterocycles. The fraction of sp³-hybridized carbons (Fsp3) is 0.400. The van der Waals surface area contributed by atoms with Gasteiger partial charge in [-0.15, -0.1) is 0 Å². The largest absolute Gasteiger partial charge is 0.503 e. The van der Waals surface area contributed by atoms with Crippen LogP contribution >= 0.6 is 15.9 Å². The number of hydrogen-bond acceptors (Lipinski definition) is 8. The van der Waals surface area contributed by atoms with Gasteiger partial charge in [-0.1, -0.05) is 18.2 Å². The Morgan fingerprint density at radius 1 is 1.10 bits per heavy atom. The van der Waals surface area contributed by atoms with E-state index in [2.05, 4.69) is 21.2 Å². The van der Waals surface area contributed by atoms with Gasteiger partial charge >= 0.3 is 5.97 Å². The van der Waals surface area contributed by atoms with Gasteiger partial charge < -0.3 is 29.4 Å². The molecule has 0 radical (unpaired) electrons. The van der Waals surface area contributed by atoms with Crippen LogP contribution in [0.25, 0.3) is 0 Å². The number of ketones is 1. The second-order valence-corrected chi connectivity index (χ2v) is 10.7. The van der Waals surface area contributed by atoms with E-state index in [1.54, 1.807) is 19.2 Å². The number of para-hydroxylation sites is 1. The number of benzene rings is 2. The molecule has 39 heavy (non-hydrogen) atoms. The van der Waals surface area contributed by atoms with Gasteiger partial charge in [-0.25, -0.2) is 4.79 Å². The number of hydrogen-bond donors (Lipinski definition) is 2. The Labute approximate surface area is 237 Å². The minimum atomic E-state index is -0.711. The number of rotatable bonds is 9. The zero-order chi connectivity index (χ0) is 28.3. The van der Waals surface area contributed by atoms with Crippen molar-refractivity contribution in [1.29, 1.82) is 0 Å². The molecule has 2 atom stereocenters. The highest BCUT2D eigenvalue weighted by molar-refractivity contribution is 9.10. The number of carbonyl (C=O) groups is 2. The molecule has 0 saturated carbocycles. The van der Waals surface area contributed by atoms with Crippen molar-refractivity contribution in [1.82, 2.24) is 5.32 Å². The number of nitrogens with one attached hydrogen (secondary N) is 1. The van der Waals surface area contributed by atoms with Crippen molar-refractivity contribution in [3.8, 4) is 17.2 Å². The number of esters is 1. The second-order valence-electron chi connectivity index (χ2n) is 9.87. The van der Waals surface area contributed by atoms with E-state index in [1.807, 2.05) is 45.0 Å².